The topological polar surface area (TPSA) is 0 Å². The Labute approximate surface area is 149 Å². The molecule has 0 saturated heterocycles. The fourth-order valence-electron chi connectivity index (χ4n) is 3.16. The highest BCUT2D eigenvalue weighted by Gasteiger charge is 2.02. The molecule has 0 radical (unpaired) electrons. The first kappa shape index (κ1) is 15.4. The first-order chi connectivity index (χ1) is 12.4. The number of benzene rings is 4. The van der Waals surface area contributed by atoms with E-state index in [1.165, 1.54) is 33.4 Å². The van der Waals surface area contributed by atoms with Crippen molar-refractivity contribution in [2.45, 2.75) is 6.42 Å². The van der Waals surface area contributed by atoms with E-state index in [9.17, 15) is 0 Å². The zero-order valence-electron chi connectivity index (χ0n) is 14.1. The summed E-state index contributed by atoms with van der Waals surface area (Å²) in [4.78, 5) is 0. The minimum Gasteiger partial charge on any atom is -0.0622 e. The van der Waals surface area contributed by atoms with Gasteiger partial charge < -0.3 is 0 Å². The molecule has 0 aliphatic rings. The first-order valence-electron chi connectivity index (χ1n) is 8.67. The van der Waals surface area contributed by atoms with E-state index in [1.54, 1.807) is 0 Å². The third-order valence-electron chi connectivity index (χ3n) is 4.51. The van der Waals surface area contributed by atoms with Crippen LogP contribution in [0.25, 0.3) is 22.3 Å². The normalized spacial score (nSPS) is 10.6. The summed E-state index contributed by atoms with van der Waals surface area (Å²) in [6.07, 6.45) is 0.977. The predicted molar refractivity (Wildman–Crippen MR) is 107 cm³/mol. The van der Waals surface area contributed by atoms with Crippen LogP contribution in [0.1, 0.15) is 11.1 Å². The maximum Gasteiger partial charge on any atom is -0.00258 e. The van der Waals surface area contributed by atoms with Gasteiger partial charge in [0.05, 0.1) is 0 Å². The fraction of sp³-hybridized carbons (Fsp3) is 0.0400. The van der Waals surface area contributed by atoms with Crippen molar-refractivity contribution in [3.8, 4) is 22.3 Å². The summed E-state index contributed by atoms with van der Waals surface area (Å²) >= 11 is 0. The zero-order valence-corrected chi connectivity index (χ0v) is 14.1. The first-order valence-corrected chi connectivity index (χ1v) is 8.67. The third kappa shape index (κ3) is 3.70. The summed E-state index contributed by atoms with van der Waals surface area (Å²) in [5, 5.41) is 0. The highest BCUT2D eigenvalue weighted by Crippen LogP contribution is 2.26. The lowest BCUT2D eigenvalue weighted by Crippen LogP contribution is -1.88. The van der Waals surface area contributed by atoms with Crippen molar-refractivity contribution in [1.82, 2.24) is 0 Å². The Balaban J connectivity index is 1.58. The lowest BCUT2D eigenvalue weighted by Gasteiger charge is -2.08. The van der Waals surface area contributed by atoms with Gasteiger partial charge in [0.15, 0.2) is 0 Å². The second-order valence-electron chi connectivity index (χ2n) is 6.31. The third-order valence-corrected chi connectivity index (χ3v) is 4.51. The molecule has 0 aliphatic carbocycles. The van der Waals surface area contributed by atoms with Crippen LogP contribution in [0.15, 0.2) is 109 Å². The highest BCUT2D eigenvalue weighted by molar-refractivity contribution is 5.73. The standard InChI is InChI=1S/C25H20/c1-3-8-20(9-4-1)18-21-14-16-23(17-15-21)25-13-7-12-24(19-25)22-10-5-2-6-11-22/h1-17,19H,18H2. The molecular formula is C25H20. The van der Waals surface area contributed by atoms with E-state index >= 15 is 0 Å². The highest BCUT2D eigenvalue weighted by atomic mass is 14.1. The van der Waals surface area contributed by atoms with E-state index in [0.717, 1.165) is 6.42 Å². The van der Waals surface area contributed by atoms with Crippen LogP contribution in [0.3, 0.4) is 0 Å². The molecular weight excluding hydrogens is 300 g/mol. The molecule has 4 aromatic rings. The number of hydrogen-bond acceptors (Lipinski definition) is 0. The molecule has 0 unspecified atom stereocenters. The summed E-state index contributed by atoms with van der Waals surface area (Å²) in [6.45, 7) is 0. The largest absolute Gasteiger partial charge is 0.0622 e. The van der Waals surface area contributed by atoms with E-state index in [-0.39, 0.29) is 0 Å². The fourth-order valence-corrected chi connectivity index (χ4v) is 3.16. The smallest absolute Gasteiger partial charge is 0.00258 e. The average molecular weight is 320 g/mol. The van der Waals surface area contributed by atoms with Crippen molar-refractivity contribution in [2.24, 2.45) is 0 Å². The van der Waals surface area contributed by atoms with Crippen LogP contribution in [0.4, 0.5) is 0 Å². The molecule has 0 saturated carbocycles. The molecule has 0 heteroatoms. The quantitative estimate of drug-likeness (QED) is 0.397. The Hall–Kier alpha value is -3.12. The lowest BCUT2D eigenvalue weighted by atomic mass is 9.97. The van der Waals surface area contributed by atoms with Gasteiger partial charge in [-0.05, 0) is 45.9 Å². The number of hydrogen-bond donors (Lipinski definition) is 0. The van der Waals surface area contributed by atoms with Crippen molar-refractivity contribution in [2.75, 3.05) is 0 Å². The minimum atomic E-state index is 0.977. The van der Waals surface area contributed by atoms with Crippen LogP contribution < -0.4 is 0 Å². The Morgan fingerprint density at radius 3 is 1.48 bits per heavy atom. The molecule has 0 spiro atoms. The molecule has 4 aromatic carbocycles. The van der Waals surface area contributed by atoms with E-state index < -0.39 is 0 Å². The molecule has 120 valence electrons. The van der Waals surface area contributed by atoms with Gasteiger partial charge in [-0.1, -0.05) is 103 Å². The van der Waals surface area contributed by atoms with Crippen LogP contribution in [0.2, 0.25) is 0 Å². The van der Waals surface area contributed by atoms with Gasteiger partial charge in [0.2, 0.25) is 0 Å². The van der Waals surface area contributed by atoms with Gasteiger partial charge in [-0.15, -0.1) is 0 Å². The summed E-state index contributed by atoms with van der Waals surface area (Å²) in [6, 6.07) is 38.8. The Bertz CT molecular complexity index is 936. The molecule has 0 atom stereocenters. The van der Waals surface area contributed by atoms with Gasteiger partial charge in [-0.25, -0.2) is 0 Å². The monoisotopic (exact) mass is 320 g/mol. The van der Waals surface area contributed by atoms with Crippen molar-refractivity contribution in [3.63, 3.8) is 0 Å². The molecule has 0 amide bonds. The minimum absolute atomic E-state index is 0.977. The molecule has 4 rings (SSSR count). The Kier molecular flexibility index (Phi) is 4.43. The van der Waals surface area contributed by atoms with Crippen LogP contribution in [-0.2, 0) is 6.42 Å². The van der Waals surface area contributed by atoms with Crippen LogP contribution in [-0.4, -0.2) is 0 Å². The van der Waals surface area contributed by atoms with Crippen molar-refractivity contribution in [1.29, 1.82) is 0 Å². The van der Waals surface area contributed by atoms with Crippen LogP contribution >= 0.6 is 0 Å². The summed E-state index contributed by atoms with van der Waals surface area (Å²) in [7, 11) is 0. The van der Waals surface area contributed by atoms with E-state index in [0.29, 0.717) is 0 Å². The molecule has 0 aromatic heterocycles. The lowest BCUT2D eigenvalue weighted by molar-refractivity contribution is 1.19. The van der Waals surface area contributed by atoms with Gasteiger partial charge in [-0.3, -0.25) is 0 Å². The summed E-state index contributed by atoms with van der Waals surface area (Å²) < 4.78 is 0. The molecule has 0 fully saturated rings. The molecule has 0 nitrogen and oxygen atoms in total. The average Bonchev–Trinajstić information content (AvgIpc) is 2.70. The number of rotatable bonds is 4. The van der Waals surface area contributed by atoms with Gasteiger partial charge in [0.25, 0.3) is 0 Å². The SMILES string of the molecule is c1ccc(Cc2ccc(-c3cccc(-c4ccccc4)c3)cc2)cc1. The van der Waals surface area contributed by atoms with Gasteiger partial charge >= 0.3 is 0 Å². The molecule has 0 heterocycles. The van der Waals surface area contributed by atoms with Crippen LogP contribution in [0.5, 0.6) is 0 Å². The van der Waals surface area contributed by atoms with E-state index in [1.807, 2.05) is 0 Å². The Morgan fingerprint density at radius 2 is 0.840 bits per heavy atom. The van der Waals surface area contributed by atoms with Gasteiger partial charge in [0, 0.05) is 0 Å². The van der Waals surface area contributed by atoms with Gasteiger partial charge in [-0.2, -0.15) is 0 Å². The van der Waals surface area contributed by atoms with Crippen molar-refractivity contribution in [3.05, 3.63) is 120 Å². The second-order valence-corrected chi connectivity index (χ2v) is 6.31. The van der Waals surface area contributed by atoms with E-state index in [4.69, 9.17) is 0 Å². The predicted octanol–water partition coefficient (Wildman–Crippen LogP) is 6.61. The molecule has 0 aliphatic heterocycles. The molecule has 0 N–H and O–H groups in total. The summed E-state index contributed by atoms with van der Waals surface area (Å²) in [5.74, 6) is 0. The van der Waals surface area contributed by atoms with Gasteiger partial charge in [0.1, 0.15) is 0 Å². The maximum atomic E-state index is 2.27. The Morgan fingerprint density at radius 1 is 0.360 bits per heavy atom. The maximum absolute atomic E-state index is 2.27. The van der Waals surface area contributed by atoms with Crippen LogP contribution in [0, 0.1) is 0 Å². The van der Waals surface area contributed by atoms with Crippen molar-refractivity contribution >= 4 is 0 Å². The van der Waals surface area contributed by atoms with E-state index in [2.05, 4.69) is 109 Å². The van der Waals surface area contributed by atoms with Crippen molar-refractivity contribution < 1.29 is 0 Å². The second kappa shape index (κ2) is 7.19. The summed E-state index contributed by atoms with van der Waals surface area (Å²) in [5.41, 5.74) is 7.72. The zero-order chi connectivity index (χ0) is 16.9. The molecule has 0 bridgehead atoms. The molecule has 25 heavy (non-hydrogen) atoms.